The minimum atomic E-state index is -1.57. The smallest absolute Gasteiger partial charge is 0.378 e. The number of thiazole rings is 2. The maximum Gasteiger partial charge on any atom is 0.378 e. The van der Waals surface area contributed by atoms with E-state index < -0.39 is 34.3 Å². The third-order valence-corrected chi connectivity index (χ3v) is 18.9. The van der Waals surface area contributed by atoms with Crippen molar-refractivity contribution in [2.45, 2.75) is 65.2 Å². The van der Waals surface area contributed by atoms with Crippen LogP contribution in [0.2, 0.25) is 0 Å². The van der Waals surface area contributed by atoms with Crippen LogP contribution >= 0.6 is 22.7 Å². The molecule has 2 unspecified atom stereocenters. The number of Topliss-reactive ketones (excluding diaryl/α,β-unsaturated/α-hetero) is 2. The number of nitrogens with one attached hydrogen (secondary N) is 3. The van der Waals surface area contributed by atoms with Crippen LogP contribution in [0, 0.1) is 10.8 Å². The highest BCUT2D eigenvalue weighted by molar-refractivity contribution is 7.14. The minimum absolute atomic E-state index is 0. The summed E-state index contributed by atoms with van der Waals surface area (Å²) in [4.78, 5) is 94.7. The average molecular weight is 1180 g/mol. The van der Waals surface area contributed by atoms with Crippen molar-refractivity contribution in [2.75, 3.05) is 72.8 Å². The number of carbonyl (C=O) groups excluding carboxylic acids is 5. The van der Waals surface area contributed by atoms with Crippen molar-refractivity contribution in [1.29, 1.82) is 0 Å². The topological polar surface area (TPSA) is 207 Å². The fourth-order valence-electron chi connectivity index (χ4n) is 13.3. The number of carboxylic acids is 1. The molecule has 8 aromatic rings. The summed E-state index contributed by atoms with van der Waals surface area (Å²) in [7, 11) is 0. The van der Waals surface area contributed by atoms with Gasteiger partial charge in [0.2, 0.25) is 11.8 Å². The molecule has 0 saturated carbocycles. The van der Waals surface area contributed by atoms with Gasteiger partial charge in [0.25, 0.3) is 17.5 Å². The number of carbonyl (C=O) groups is 6. The van der Waals surface area contributed by atoms with Crippen LogP contribution < -0.4 is 25.8 Å². The lowest BCUT2D eigenvalue weighted by Crippen LogP contribution is -2.50. The van der Waals surface area contributed by atoms with Crippen molar-refractivity contribution < 1.29 is 33.9 Å². The second-order valence-electron chi connectivity index (χ2n) is 22.2. The Kier molecular flexibility index (Phi) is 17.4. The lowest BCUT2D eigenvalue weighted by molar-refractivity contribution is -0.132. The summed E-state index contributed by atoms with van der Waals surface area (Å²) >= 11 is 2.22. The Morgan fingerprint density at radius 1 is 0.518 bits per heavy atom. The number of benzene rings is 5. The van der Waals surface area contributed by atoms with E-state index in [-0.39, 0.29) is 66.9 Å². The third kappa shape index (κ3) is 11.3. The number of aliphatic carboxylic acids is 1. The zero-order chi connectivity index (χ0) is 57.4. The molecule has 5 aromatic carbocycles. The van der Waals surface area contributed by atoms with Crippen molar-refractivity contribution in [3.63, 3.8) is 0 Å². The first-order valence-corrected chi connectivity index (χ1v) is 29.7. The molecule has 2 atom stereocenters. The van der Waals surface area contributed by atoms with E-state index in [9.17, 15) is 28.8 Å². The number of carboxylic acid groups (broad SMARTS) is 1. The summed E-state index contributed by atoms with van der Waals surface area (Å²) in [6.45, 7) is 10.5. The molecule has 4 bridgehead atoms. The van der Waals surface area contributed by atoms with Gasteiger partial charge in [-0.2, -0.15) is 0 Å². The number of hydrogen-bond acceptors (Lipinski definition) is 14. The predicted molar refractivity (Wildman–Crippen MR) is 334 cm³/mol. The molecule has 2 saturated heterocycles. The predicted octanol–water partition coefficient (Wildman–Crippen LogP) is 11.1. The van der Waals surface area contributed by atoms with Crippen molar-refractivity contribution in [3.05, 3.63) is 218 Å². The normalized spacial score (nSPS) is 21.6. The summed E-state index contributed by atoms with van der Waals surface area (Å²) in [5.41, 5.74) is 9.73. The maximum atomic E-state index is 13.9. The highest BCUT2D eigenvalue weighted by Gasteiger charge is 2.55. The number of hydrogen-bond donors (Lipinski definition) is 4. The van der Waals surface area contributed by atoms with Gasteiger partial charge in [0, 0.05) is 98.7 Å². The van der Waals surface area contributed by atoms with Crippen LogP contribution in [-0.2, 0) is 19.2 Å². The van der Waals surface area contributed by atoms with E-state index in [1.807, 2.05) is 68.4 Å². The van der Waals surface area contributed by atoms with E-state index >= 15 is 0 Å². The summed E-state index contributed by atoms with van der Waals surface area (Å²) < 4.78 is 0. The molecule has 85 heavy (non-hydrogen) atoms. The molecule has 0 spiro atoms. The highest BCUT2D eigenvalue weighted by Crippen LogP contribution is 2.62. The van der Waals surface area contributed by atoms with Gasteiger partial charge < -0.3 is 35.8 Å². The molecule has 16 rings (SSSR count). The molecule has 5 heterocycles. The summed E-state index contributed by atoms with van der Waals surface area (Å²) in [5, 5.41) is 21.5. The zero-order valence-electron chi connectivity index (χ0n) is 45.9. The SMILES string of the molecule is C.C.CC1(C(=O)Nc2nc(C(=O)C(=O)N3CCN(c4ccccn4)CC3)cs2)CC2c3ccccc3C1c1ccccc12.CC1(C(=O)Nc2nc(C(=O)C(=O)O)cs2)CC2c3ccccc3C1c1ccccc12.c1ccc(N2CCNCC2)cc1. The molecule has 3 amide bonds. The average Bonchev–Trinajstić information content (AvgIpc) is 2.37. The summed E-state index contributed by atoms with van der Waals surface area (Å²) in [6.07, 6.45) is 3.10. The Bertz CT molecular complexity index is 3690. The van der Waals surface area contributed by atoms with Crippen LogP contribution in [0.25, 0.3) is 0 Å². The first-order chi connectivity index (χ1) is 40.3. The number of ketones is 2. The van der Waals surface area contributed by atoms with E-state index in [0.29, 0.717) is 44.2 Å². The van der Waals surface area contributed by atoms with Gasteiger partial charge in [-0.05, 0) is 95.5 Å². The van der Waals surface area contributed by atoms with Gasteiger partial charge in [-0.15, -0.1) is 22.7 Å². The standard InChI is InChI=1S/C32H29N5O3S.C23H18N2O4S.C10H14N2.2CH4/c1-32(18-24-20-8-2-4-10-22(20)27(32)23-11-5-3-9-21(23)24)30(40)35-31-34-25(19-41-31)28(38)29(39)37-16-14-36(15-17-37)26-12-6-7-13-33-26;1-23(21(29)25-22-24-17(11-30-22)19(26)20(27)28)10-16-12-6-2-4-8-14(12)18(23)15-9-5-3-7-13(15)16;1-2-4-10(5-3-1)12-8-6-11-7-9-12;;/h2-13,19,24,27H,14-18H2,1H3,(H,34,35,40);2-9,11,16,18H,10H2,1H3,(H,27,28)(H,24,25,29);1-5,11H,6-9H2;2*1H4. The van der Waals surface area contributed by atoms with Crippen LogP contribution in [-0.4, -0.2) is 113 Å². The Labute approximate surface area is 503 Å². The van der Waals surface area contributed by atoms with E-state index in [0.717, 1.165) is 43.3 Å². The molecule has 0 radical (unpaired) electrons. The molecule has 3 aromatic heterocycles. The number of para-hydroxylation sites is 1. The third-order valence-electron chi connectivity index (χ3n) is 17.4. The van der Waals surface area contributed by atoms with Crippen molar-refractivity contribution >= 4 is 79.7 Å². The number of nitrogens with zero attached hydrogens (tertiary/aromatic N) is 6. The van der Waals surface area contributed by atoms with E-state index in [4.69, 9.17) is 5.11 Å². The van der Waals surface area contributed by atoms with Crippen LogP contribution in [0.3, 0.4) is 0 Å². The first-order valence-electron chi connectivity index (χ1n) is 28.0. The quantitative estimate of drug-likeness (QED) is 0.0743. The number of rotatable bonds is 10. The Morgan fingerprint density at radius 3 is 1.35 bits per heavy atom. The van der Waals surface area contributed by atoms with Gasteiger partial charge >= 0.3 is 5.97 Å². The van der Waals surface area contributed by atoms with Crippen molar-refractivity contribution in [3.8, 4) is 0 Å². The molecule has 436 valence electrons. The van der Waals surface area contributed by atoms with Gasteiger partial charge in [0.15, 0.2) is 10.3 Å². The summed E-state index contributed by atoms with van der Waals surface area (Å²) in [6, 6.07) is 49.7. The van der Waals surface area contributed by atoms with E-state index in [1.54, 1.807) is 16.5 Å². The Hall–Kier alpha value is -8.71. The Balaban J connectivity index is 0.000000159. The fourth-order valence-corrected chi connectivity index (χ4v) is 14.7. The molecule has 8 aliphatic rings. The second kappa shape index (κ2) is 24.9. The molecule has 6 aliphatic carbocycles. The molecular formula is C67H69N9O7S2. The second-order valence-corrected chi connectivity index (χ2v) is 23.9. The van der Waals surface area contributed by atoms with Gasteiger partial charge in [0.05, 0.1) is 10.8 Å². The van der Waals surface area contributed by atoms with Crippen LogP contribution in [0.15, 0.2) is 163 Å². The Morgan fingerprint density at radius 2 is 0.929 bits per heavy atom. The molecular weight excluding hydrogens is 1110 g/mol. The van der Waals surface area contributed by atoms with Crippen molar-refractivity contribution in [2.24, 2.45) is 10.8 Å². The van der Waals surface area contributed by atoms with Crippen LogP contribution in [0.5, 0.6) is 0 Å². The molecule has 2 aliphatic heterocycles. The van der Waals surface area contributed by atoms with Gasteiger partial charge in [-0.1, -0.05) is 136 Å². The number of amides is 3. The van der Waals surface area contributed by atoms with Gasteiger partial charge in [0.1, 0.15) is 17.2 Å². The number of fused-ring (bicyclic) bond motifs is 2. The van der Waals surface area contributed by atoms with Crippen LogP contribution in [0.1, 0.15) is 131 Å². The van der Waals surface area contributed by atoms with E-state index in [1.165, 1.54) is 66.9 Å². The highest BCUT2D eigenvalue weighted by atomic mass is 32.1. The zero-order valence-corrected chi connectivity index (χ0v) is 47.5. The molecule has 18 heteroatoms. The maximum absolute atomic E-state index is 13.9. The monoisotopic (exact) mass is 1180 g/mol. The number of aromatic nitrogens is 3. The van der Waals surface area contributed by atoms with E-state index in [2.05, 4.69) is 132 Å². The van der Waals surface area contributed by atoms with Gasteiger partial charge in [-0.25, -0.2) is 19.7 Å². The van der Waals surface area contributed by atoms with Crippen molar-refractivity contribution in [1.82, 2.24) is 25.2 Å². The number of pyridine rings is 1. The largest absolute Gasteiger partial charge is 0.475 e. The molecule has 16 nitrogen and oxygen atoms in total. The van der Waals surface area contributed by atoms with Crippen LogP contribution in [0.4, 0.5) is 21.8 Å². The first kappa shape index (κ1) is 59.4. The lowest BCUT2D eigenvalue weighted by atomic mass is 9.52. The molecule has 2 fully saturated rings. The summed E-state index contributed by atoms with van der Waals surface area (Å²) in [5.74, 6) is -3.20. The fraction of sp³-hybridized carbons (Fsp3) is 0.299. The van der Waals surface area contributed by atoms with Gasteiger partial charge in [-0.3, -0.25) is 24.0 Å². The minimum Gasteiger partial charge on any atom is -0.475 e. The molecule has 4 N–H and O–H groups in total. The number of anilines is 4. The number of piperazine rings is 2. The lowest BCUT2D eigenvalue weighted by Gasteiger charge is -2.50.